The first-order valence-electron chi connectivity index (χ1n) is 11.2. The van der Waals surface area contributed by atoms with Gasteiger partial charge in [0.05, 0.1) is 22.5 Å². The molecule has 32 heavy (non-hydrogen) atoms. The molecule has 5 rings (SSSR count). The summed E-state index contributed by atoms with van der Waals surface area (Å²) in [5, 5.41) is 7.78. The summed E-state index contributed by atoms with van der Waals surface area (Å²) in [7, 11) is 0. The van der Waals surface area contributed by atoms with E-state index in [0.29, 0.717) is 11.1 Å². The Morgan fingerprint density at radius 2 is 1.81 bits per heavy atom. The second-order valence-electron chi connectivity index (χ2n) is 8.03. The van der Waals surface area contributed by atoms with Crippen molar-refractivity contribution in [1.82, 2.24) is 15.1 Å². The van der Waals surface area contributed by atoms with Gasteiger partial charge in [-0.3, -0.25) is 4.79 Å². The predicted octanol–water partition coefficient (Wildman–Crippen LogP) is 4.92. The van der Waals surface area contributed by atoms with E-state index in [2.05, 4.69) is 29.6 Å². The minimum Gasteiger partial charge on any atom is -0.484 e. The second-order valence-corrected chi connectivity index (χ2v) is 10.8. The van der Waals surface area contributed by atoms with Crippen molar-refractivity contribution in [2.75, 3.05) is 18.1 Å². The molecule has 1 saturated heterocycles. The minimum atomic E-state index is -0.131. The molecule has 0 saturated carbocycles. The lowest BCUT2D eigenvalue weighted by Gasteiger charge is -2.21. The average Bonchev–Trinajstić information content (AvgIpc) is 3.46. The summed E-state index contributed by atoms with van der Waals surface area (Å²) < 4.78 is 8.26. The zero-order valence-corrected chi connectivity index (χ0v) is 19.6. The van der Waals surface area contributed by atoms with Crippen LogP contribution >= 0.6 is 23.5 Å². The van der Waals surface area contributed by atoms with Crippen LogP contribution in [0.15, 0.2) is 54.6 Å². The van der Waals surface area contributed by atoms with Gasteiger partial charge in [-0.25, -0.2) is 4.68 Å². The number of para-hydroxylation sites is 1. The van der Waals surface area contributed by atoms with Gasteiger partial charge in [0.1, 0.15) is 5.75 Å². The summed E-state index contributed by atoms with van der Waals surface area (Å²) in [6.07, 6.45) is 4.48. The first-order valence-corrected chi connectivity index (χ1v) is 13.3. The van der Waals surface area contributed by atoms with Crippen LogP contribution in [0.3, 0.4) is 0 Å². The molecule has 1 aliphatic heterocycles. The summed E-state index contributed by atoms with van der Waals surface area (Å²) in [6.45, 7) is 0.438. The van der Waals surface area contributed by atoms with Crippen LogP contribution in [-0.2, 0) is 24.2 Å². The van der Waals surface area contributed by atoms with Gasteiger partial charge in [0.25, 0.3) is 5.91 Å². The highest BCUT2D eigenvalue weighted by Gasteiger charge is 2.23. The molecule has 5 nitrogen and oxygen atoms in total. The molecule has 0 radical (unpaired) electrons. The van der Waals surface area contributed by atoms with Crippen LogP contribution in [0.1, 0.15) is 39.9 Å². The molecule has 0 atom stereocenters. The molecule has 0 unspecified atom stereocenters. The van der Waals surface area contributed by atoms with Gasteiger partial charge in [-0.1, -0.05) is 30.3 Å². The number of aromatic nitrogens is 2. The molecule has 2 aliphatic rings. The van der Waals surface area contributed by atoms with E-state index in [1.165, 1.54) is 34.7 Å². The maximum absolute atomic E-state index is 12.4. The fraction of sp³-hybridized carbons (Fsp3) is 0.360. The number of carbonyl (C=O) groups is 1. The molecule has 1 aliphatic carbocycles. The zero-order chi connectivity index (χ0) is 21.8. The van der Waals surface area contributed by atoms with Crippen molar-refractivity contribution >= 4 is 29.4 Å². The molecule has 166 valence electrons. The largest absolute Gasteiger partial charge is 0.484 e. The number of carbonyl (C=O) groups excluding carboxylic acids is 1. The number of rotatable bonds is 7. The van der Waals surface area contributed by atoms with E-state index >= 15 is 0 Å². The van der Waals surface area contributed by atoms with Gasteiger partial charge in [-0.2, -0.15) is 5.10 Å². The lowest BCUT2D eigenvalue weighted by molar-refractivity contribution is -0.123. The summed E-state index contributed by atoms with van der Waals surface area (Å²) in [5.74, 6) is 3.05. The Morgan fingerprint density at radius 1 is 1.03 bits per heavy atom. The molecule has 1 aromatic heterocycles. The number of amides is 1. The molecular weight excluding hydrogens is 438 g/mol. The first-order chi connectivity index (χ1) is 15.8. The maximum Gasteiger partial charge on any atom is 0.258 e. The van der Waals surface area contributed by atoms with Gasteiger partial charge in [0, 0.05) is 5.69 Å². The molecular formula is C25H27N3O2S2. The fourth-order valence-corrected chi connectivity index (χ4v) is 7.12. The Labute approximate surface area is 197 Å². The molecule has 7 heteroatoms. The Bertz CT molecular complexity index is 1060. The second kappa shape index (κ2) is 10.0. The number of hydrogen-bond donors (Lipinski definition) is 1. The van der Waals surface area contributed by atoms with Gasteiger partial charge in [0.2, 0.25) is 0 Å². The van der Waals surface area contributed by atoms with Crippen LogP contribution in [0.2, 0.25) is 0 Å². The van der Waals surface area contributed by atoms with E-state index in [4.69, 9.17) is 9.84 Å². The Morgan fingerprint density at radius 3 is 2.59 bits per heavy atom. The number of fused-ring (bicyclic) bond motifs is 1. The van der Waals surface area contributed by atoms with Gasteiger partial charge in [0.15, 0.2) is 6.61 Å². The zero-order valence-electron chi connectivity index (χ0n) is 18.0. The van der Waals surface area contributed by atoms with Gasteiger partial charge < -0.3 is 10.1 Å². The number of nitrogens with zero attached hydrogens (tertiary/aromatic N) is 2. The van der Waals surface area contributed by atoms with E-state index < -0.39 is 0 Å². The molecule has 2 aromatic carbocycles. The standard InChI is InChI=1S/C25H27N3O2S2/c29-24(17-30-20-12-10-18(11-13-20)25-31-14-5-15-32-25)26-16-22-21-8-4-9-23(21)28(27-22)19-6-2-1-3-7-19/h1-3,6-7,10-13,25H,4-5,8-9,14-17H2,(H,26,29). The Hall–Kier alpha value is -2.38. The summed E-state index contributed by atoms with van der Waals surface area (Å²) >= 11 is 4.01. The first kappa shape index (κ1) is 21.5. The van der Waals surface area contributed by atoms with E-state index in [-0.39, 0.29) is 12.5 Å². The highest BCUT2D eigenvalue weighted by molar-refractivity contribution is 8.16. The summed E-state index contributed by atoms with van der Waals surface area (Å²) in [5.41, 5.74) is 5.90. The van der Waals surface area contributed by atoms with Crippen molar-refractivity contribution in [3.05, 3.63) is 77.1 Å². The van der Waals surface area contributed by atoms with Gasteiger partial charge in [-0.15, -0.1) is 23.5 Å². The van der Waals surface area contributed by atoms with Crippen LogP contribution in [-0.4, -0.2) is 33.8 Å². The monoisotopic (exact) mass is 465 g/mol. The molecule has 2 heterocycles. The van der Waals surface area contributed by atoms with Crippen molar-refractivity contribution in [2.45, 2.75) is 36.8 Å². The van der Waals surface area contributed by atoms with Crippen molar-refractivity contribution in [3.63, 3.8) is 0 Å². The third-order valence-electron chi connectivity index (χ3n) is 5.82. The summed E-state index contributed by atoms with van der Waals surface area (Å²) in [4.78, 5) is 12.4. The average molecular weight is 466 g/mol. The van der Waals surface area contributed by atoms with Crippen molar-refractivity contribution in [1.29, 1.82) is 0 Å². The Kier molecular flexibility index (Phi) is 6.74. The molecule has 1 N–H and O–H groups in total. The van der Waals surface area contributed by atoms with Crippen LogP contribution in [0, 0.1) is 0 Å². The smallest absolute Gasteiger partial charge is 0.258 e. The van der Waals surface area contributed by atoms with Gasteiger partial charge in [-0.05, 0) is 72.6 Å². The SMILES string of the molecule is O=C(COc1ccc(C2SCCCS2)cc1)NCc1nn(-c2ccccc2)c2c1CCC2. The molecule has 3 aromatic rings. The molecule has 0 bridgehead atoms. The van der Waals surface area contributed by atoms with E-state index in [9.17, 15) is 4.79 Å². The highest BCUT2D eigenvalue weighted by Crippen LogP contribution is 2.43. The predicted molar refractivity (Wildman–Crippen MR) is 132 cm³/mol. The number of hydrogen-bond acceptors (Lipinski definition) is 5. The number of ether oxygens (including phenoxy) is 1. The topological polar surface area (TPSA) is 56.1 Å². The Balaban J connectivity index is 1.16. The molecule has 1 fully saturated rings. The molecule has 0 spiro atoms. The quantitative estimate of drug-likeness (QED) is 0.536. The fourth-order valence-electron chi connectivity index (χ4n) is 4.22. The van der Waals surface area contributed by atoms with E-state index in [0.717, 1.165) is 36.4 Å². The van der Waals surface area contributed by atoms with Crippen LogP contribution in [0.5, 0.6) is 5.75 Å². The lowest BCUT2D eigenvalue weighted by atomic mass is 10.2. The van der Waals surface area contributed by atoms with Crippen LogP contribution in [0.4, 0.5) is 0 Å². The normalized spacial score (nSPS) is 16.0. The lowest BCUT2D eigenvalue weighted by Crippen LogP contribution is -2.29. The third kappa shape index (κ3) is 4.84. The summed E-state index contributed by atoms with van der Waals surface area (Å²) in [6, 6.07) is 18.4. The minimum absolute atomic E-state index is 0.00780. The van der Waals surface area contributed by atoms with Crippen molar-refractivity contribution < 1.29 is 9.53 Å². The van der Waals surface area contributed by atoms with Crippen molar-refractivity contribution in [3.8, 4) is 11.4 Å². The maximum atomic E-state index is 12.4. The molecule has 1 amide bonds. The number of benzene rings is 2. The van der Waals surface area contributed by atoms with Crippen molar-refractivity contribution in [2.24, 2.45) is 0 Å². The van der Waals surface area contributed by atoms with E-state index in [1.54, 1.807) is 0 Å². The number of thioether (sulfide) groups is 2. The van der Waals surface area contributed by atoms with Gasteiger partial charge >= 0.3 is 0 Å². The van der Waals surface area contributed by atoms with E-state index in [1.807, 2.05) is 58.5 Å². The van der Waals surface area contributed by atoms with Crippen LogP contribution < -0.4 is 10.1 Å². The highest BCUT2D eigenvalue weighted by atomic mass is 32.2. The van der Waals surface area contributed by atoms with Crippen LogP contribution in [0.25, 0.3) is 5.69 Å². The number of nitrogens with one attached hydrogen (secondary N) is 1. The third-order valence-corrected chi connectivity index (χ3v) is 8.83.